The van der Waals surface area contributed by atoms with Gasteiger partial charge in [0.25, 0.3) is 0 Å². The number of hydrogen-bond acceptors (Lipinski definition) is 2. The molecule has 0 saturated heterocycles. The standard InChI is InChI=1S/C16H16ClNO/c1-18-15-7-2-11(10-19)8-13(15)4-3-12-5-6-14(17)9-16(12)18/h2,5-9,19H,3-4,10H2,1H3. The van der Waals surface area contributed by atoms with E-state index in [0.717, 1.165) is 23.4 Å². The van der Waals surface area contributed by atoms with Crippen LogP contribution in [0, 0.1) is 0 Å². The topological polar surface area (TPSA) is 23.5 Å². The van der Waals surface area contributed by atoms with Crippen LogP contribution in [0.2, 0.25) is 5.02 Å². The molecule has 2 aromatic carbocycles. The molecule has 2 nitrogen and oxygen atoms in total. The highest BCUT2D eigenvalue weighted by Gasteiger charge is 2.18. The minimum absolute atomic E-state index is 0.0930. The highest BCUT2D eigenvalue weighted by atomic mass is 35.5. The molecule has 1 aliphatic heterocycles. The number of halogens is 1. The highest BCUT2D eigenvalue weighted by molar-refractivity contribution is 6.30. The van der Waals surface area contributed by atoms with E-state index in [1.807, 2.05) is 18.2 Å². The van der Waals surface area contributed by atoms with Gasteiger partial charge in [0.05, 0.1) is 6.61 Å². The maximum Gasteiger partial charge on any atom is 0.0681 e. The fourth-order valence-electron chi connectivity index (χ4n) is 2.72. The molecule has 3 rings (SSSR count). The molecule has 1 heterocycles. The van der Waals surface area contributed by atoms with Crippen LogP contribution >= 0.6 is 11.6 Å². The fourth-order valence-corrected chi connectivity index (χ4v) is 2.89. The summed E-state index contributed by atoms with van der Waals surface area (Å²) in [6.07, 6.45) is 1.99. The van der Waals surface area contributed by atoms with E-state index in [2.05, 4.69) is 30.1 Å². The third-order valence-corrected chi connectivity index (χ3v) is 4.00. The molecule has 0 bridgehead atoms. The molecule has 19 heavy (non-hydrogen) atoms. The lowest BCUT2D eigenvalue weighted by Crippen LogP contribution is -2.11. The number of aryl methyl sites for hydroxylation is 2. The quantitative estimate of drug-likeness (QED) is 0.856. The Bertz CT molecular complexity index is 624. The largest absolute Gasteiger partial charge is 0.392 e. The summed E-state index contributed by atoms with van der Waals surface area (Å²) in [6, 6.07) is 12.2. The van der Waals surface area contributed by atoms with Crippen LogP contribution in [0.25, 0.3) is 0 Å². The molecular weight excluding hydrogens is 258 g/mol. The van der Waals surface area contributed by atoms with Gasteiger partial charge in [0.1, 0.15) is 0 Å². The fraction of sp³-hybridized carbons (Fsp3) is 0.250. The zero-order chi connectivity index (χ0) is 13.4. The maximum absolute atomic E-state index is 9.25. The zero-order valence-corrected chi connectivity index (χ0v) is 11.6. The van der Waals surface area contributed by atoms with Crippen LogP contribution < -0.4 is 4.90 Å². The number of fused-ring (bicyclic) bond motifs is 2. The lowest BCUT2D eigenvalue weighted by molar-refractivity contribution is 0.282. The molecular formula is C16H16ClNO. The van der Waals surface area contributed by atoms with Crippen molar-refractivity contribution in [3.8, 4) is 0 Å². The van der Waals surface area contributed by atoms with Crippen LogP contribution in [0.1, 0.15) is 16.7 Å². The van der Waals surface area contributed by atoms with Gasteiger partial charge in [0.2, 0.25) is 0 Å². The highest BCUT2D eigenvalue weighted by Crippen LogP contribution is 2.36. The Morgan fingerprint density at radius 3 is 2.63 bits per heavy atom. The second-order valence-corrected chi connectivity index (χ2v) is 5.39. The Hall–Kier alpha value is -1.51. The summed E-state index contributed by atoms with van der Waals surface area (Å²) >= 11 is 6.11. The van der Waals surface area contributed by atoms with Crippen LogP contribution in [0.3, 0.4) is 0 Å². The van der Waals surface area contributed by atoms with Crippen LogP contribution in [0.4, 0.5) is 11.4 Å². The van der Waals surface area contributed by atoms with Crippen molar-refractivity contribution in [1.82, 2.24) is 0 Å². The third-order valence-electron chi connectivity index (χ3n) is 3.76. The van der Waals surface area contributed by atoms with E-state index in [-0.39, 0.29) is 6.61 Å². The molecule has 0 saturated carbocycles. The predicted molar refractivity (Wildman–Crippen MR) is 79.3 cm³/mol. The van der Waals surface area contributed by atoms with Crippen LogP contribution in [-0.4, -0.2) is 12.2 Å². The first-order chi connectivity index (χ1) is 9.19. The van der Waals surface area contributed by atoms with Gasteiger partial charge in [-0.3, -0.25) is 0 Å². The summed E-state index contributed by atoms with van der Waals surface area (Å²) in [4.78, 5) is 2.19. The maximum atomic E-state index is 9.25. The van der Waals surface area contributed by atoms with Gasteiger partial charge in [-0.2, -0.15) is 0 Å². The first kappa shape index (κ1) is 12.5. The summed E-state index contributed by atoms with van der Waals surface area (Å²) in [5.74, 6) is 0. The molecule has 0 amide bonds. The average Bonchev–Trinajstić information content (AvgIpc) is 2.57. The van der Waals surface area contributed by atoms with Gasteiger partial charge < -0.3 is 10.0 Å². The minimum atomic E-state index is 0.0930. The molecule has 1 N–H and O–H groups in total. The van der Waals surface area contributed by atoms with Crippen molar-refractivity contribution in [3.05, 3.63) is 58.1 Å². The Morgan fingerprint density at radius 2 is 1.84 bits per heavy atom. The predicted octanol–water partition coefficient (Wildman–Crippen LogP) is 3.70. The van der Waals surface area contributed by atoms with Crippen molar-refractivity contribution in [1.29, 1.82) is 0 Å². The summed E-state index contributed by atoms with van der Waals surface area (Å²) in [7, 11) is 2.07. The van der Waals surface area contributed by atoms with Crippen LogP contribution in [-0.2, 0) is 19.4 Å². The van der Waals surface area contributed by atoms with Gasteiger partial charge in [-0.05, 0) is 47.7 Å². The molecule has 0 atom stereocenters. The van der Waals surface area contributed by atoms with E-state index in [1.54, 1.807) is 0 Å². The Kier molecular flexibility index (Phi) is 3.21. The van der Waals surface area contributed by atoms with Gasteiger partial charge in [-0.15, -0.1) is 0 Å². The van der Waals surface area contributed by atoms with E-state index >= 15 is 0 Å². The minimum Gasteiger partial charge on any atom is -0.392 e. The lowest BCUT2D eigenvalue weighted by Gasteiger charge is -2.22. The van der Waals surface area contributed by atoms with Crippen molar-refractivity contribution in [3.63, 3.8) is 0 Å². The van der Waals surface area contributed by atoms with E-state index in [4.69, 9.17) is 11.6 Å². The van der Waals surface area contributed by atoms with Gasteiger partial charge in [-0.25, -0.2) is 0 Å². The number of benzene rings is 2. The molecule has 1 aliphatic rings. The van der Waals surface area contributed by atoms with E-state index < -0.39 is 0 Å². The van der Waals surface area contributed by atoms with Crippen molar-refractivity contribution in [2.45, 2.75) is 19.4 Å². The summed E-state index contributed by atoms with van der Waals surface area (Å²) in [5, 5.41) is 10.0. The average molecular weight is 274 g/mol. The van der Waals surface area contributed by atoms with Crippen molar-refractivity contribution < 1.29 is 5.11 Å². The van der Waals surface area contributed by atoms with Crippen LogP contribution in [0.15, 0.2) is 36.4 Å². The SMILES string of the molecule is CN1c2ccc(CO)cc2CCc2ccc(Cl)cc21. The van der Waals surface area contributed by atoms with E-state index in [0.29, 0.717) is 0 Å². The van der Waals surface area contributed by atoms with Gasteiger partial charge in [-0.1, -0.05) is 29.8 Å². The summed E-state index contributed by atoms with van der Waals surface area (Å²) in [5.41, 5.74) is 5.92. The second-order valence-electron chi connectivity index (χ2n) is 4.95. The van der Waals surface area contributed by atoms with E-state index in [9.17, 15) is 5.11 Å². The van der Waals surface area contributed by atoms with Gasteiger partial charge in [0, 0.05) is 23.4 Å². The number of anilines is 2. The zero-order valence-electron chi connectivity index (χ0n) is 10.9. The van der Waals surface area contributed by atoms with Crippen LogP contribution in [0.5, 0.6) is 0 Å². The molecule has 0 aliphatic carbocycles. The Morgan fingerprint density at radius 1 is 1.05 bits per heavy atom. The number of nitrogens with zero attached hydrogens (tertiary/aromatic N) is 1. The van der Waals surface area contributed by atoms with Crippen molar-refractivity contribution in [2.24, 2.45) is 0 Å². The van der Waals surface area contributed by atoms with Crippen molar-refractivity contribution in [2.75, 3.05) is 11.9 Å². The third kappa shape index (κ3) is 2.22. The summed E-state index contributed by atoms with van der Waals surface area (Å²) in [6.45, 7) is 0.0930. The first-order valence-corrected chi connectivity index (χ1v) is 6.81. The van der Waals surface area contributed by atoms with Gasteiger partial charge in [0.15, 0.2) is 0 Å². The normalized spacial score (nSPS) is 13.7. The number of hydrogen-bond donors (Lipinski definition) is 1. The smallest absolute Gasteiger partial charge is 0.0681 e. The Labute approximate surface area is 118 Å². The Balaban J connectivity index is 2.12. The number of aliphatic hydroxyl groups is 1. The molecule has 98 valence electrons. The molecule has 3 heteroatoms. The summed E-state index contributed by atoms with van der Waals surface area (Å²) < 4.78 is 0. The number of aliphatic hydroxyl groups excluding tert-OH is 1. The monoisotopic (exact) mass is 273 g/mol. The van der Waals surface area contributed by atoms with E-state index in [1.165, 1.54) is 22.5 Å². The molecule has 0 spiro atoms. The van der Waals surface area contributed by atoms with Crippen molar-refractivity contribution >= 4 is 23.0 Å². The lowest BCUT2D eigenvalue weighted by atomic mass is 10.0. The molecule has 0 radical (unpaired) electrons. The van der Waals surface area contributed by atoms with Gasteiger partial charge >= 0.3 is 0 Å². The first-order valence-electron chi connectivity index (χ1n) is 6.44. The number of rotatable bonds is 1. The molecule has 0 unspecified atom stereocenters. The second kappa shape index (κ2) is 4.87. The molecule has 2 aromatic rings. The molecule has 0 fully saturated rings. The molecule has 0 aromatic heterocycles.